The van der Waals surface area contributed by atoms with Gasteiger partial charge in [0.05, 0.1) is 4.92 Å². The van der Waals surface area contributed by atoms with E-state index in [-0.39, 0.29) is 5.69 Å². The molecule has 0 radical (unpaired) electrons. The van der Waals surface area contributed by atoms with Crippen LogP contribution in [0.25, 0.3) is 0 Å². The second-order valence-electron chi connectivity index (χ2n) is 4.50. The molecule has 1 aromatic carbocycles. The number of nitro groups is 1. The summed E-state index contributed by atoms with van der Waals surface area (Å²) < 4.78 is 0. The number of nitrogens with zero attached hydrogens (tertiary/aromatic N) is 2. The number of hydrogen-bond acceptors (Lipinski definition) is 4. The summed E-state index contributed by atoms with van der Waals surface area (Å²) >= 11 is 0. The van der Waals surface area contributed by atoms with Crippen molar-refractivity contribution in [1.82, 2.24) is 4.90 Å². The van der Waals surface area contributed by atoms with Crippen LogP contribution in [-0.4, -0.2) is 34.0 Å². The predicted molar refractivity (Wildman–Crippen MR) is 71.0 cm³/mol. The number of aliphatic carboxylic acids is 1. The van der Waals surface area contributed by atoms with E-state index < -0.39 is 16.9 Å². The van der Waals surface area contributed by atoms with Crippen molar-refractivity contribution in [1.29, 1.82) is 0 Å². The van der Waals surface area contributed by atoms with Gasteiger partial charge in [-0.25, -0.2) is 0 Å². The largest absolute Gasteiger partial charge is 0.480 e. The van der Waals surface area contributed by atoms with Gasteiger partial charge in [0.15, 0.2) is 0 Å². The topological polar surface area (TPSA) is 83.7 Å². The van der Waals surface area contributed by atoms with Crippen molar-refractivity contribution in [2.45, 2.75) is 32.9 Å². The molecule has 0 amide bonds. The molecular weight excluding hydrogens is 248 g/mol. The van der Waals surface area contributed by atoms with Crippen LogP contribution in [-0.2, 0) is 11.3 Å². The lowest BCUT2D eigenvalue weighted by Crippen LogP contribution is -2.37. The average molecular weight is 266 g/mol. The fourth-order valence-corrected chi connectivity index (χ4v) is 2.09. The van der Waals surface area contributed by atoms with E-state index in [2.05, 4.69) is 0 Å². The van der Waals surface area contributed by atoms with Crippen LogP contribution in [0.2, 0.25) is 0 Å². The second-order valence-corrected chi connectivity index (χ2v) is 4.50. The van der Waals surface area contributed by atoms with Gasteiger partial charge in [-0.1, -0.05) is 19.1 Å². The van der Waals surface area contributed by atoms with Gasteiger partial charge in [0.1, 0.15) is 6.04 Å². The zero-order valence-corrected chi connectivity index (χ0v) is 11.3. The SMILES string of the molecule is CCC(C(=O)O)N(C)Cc1cccc([N+](=O)[O-])c1C. The minimum absolute atomic E-state index is 0.0641. The van der Waals surface area contributed by atoms with E-state index in [0.717, 1.165) is 5.56 Å². The first-order chi connectivity index (χ1) is 8.88. The van der Waals surface area contributed by atoms with Gasteiger partial charge in [-0.15, -0.1) is 0 Å². The Labute approximate surface area is 111 Å². The van der Waals surface area contributed by atoms with Crippen LogP contribution in [0.3, 0.4) is 0 Å². The molecule has 0 bridgehead atoms. The molecule has 6 heteroatoms. The van der Waals surface area contributed by atoms with Crippen molar-refractivity contribution >= 4 is 11.7 Å². The van der Waals surface area contributed by atoms with Gasteiger partial charge in [-0.05, 0) is 26.0 Å². The van der Waals surface area contributed by atoms with Crippen molar-refractivity contribution < 1.29 is 14.8 Å². The zero-order chi connectivity index (χ0) is 14.6. The fourth-order valence-electron chi connectivity index (χ4n) is 2.09. The molecular formula is C13H18N2O4. The summed E-state index contributed by atoms with van der Waals surface area (Å²) in [5.41, 5.74) is 1.42. The van der Waals surface area contributed by atoms with Crippen LogP contribution < -0.4 is 0 Å². The minimum atomic E-state index is -0.881. The van der Waals surface area contributed by atoms with Crippen LogP contribution in [0.1, 0.15) is 24.5 Å². The molecule has 0 spiro atoms. The molecule has 0 saturated carbocycles. The Kier molecular flexibility index (Phi) is 5.00. The van der Waals surface area contributed by atoms with E-state index in [1.165, 1.54) is 6.07 Å². The molecule has 104 valence electrons. The maximum absolute atomic E-state index is 11.1. The number of carboxylic acid groups (broad SMARTS) is 1. The Morgan fingerprint density at radius 2 is 2.16 bits per heavy atom. The van der Waals surface area contributed by atoms with E-state index >= 15 is 0 Å². The van der Waals surface area contributed by atoms with E-state index in [1.807, 2.05) is 0 Å². The quantitative estimate of drug-likeness (QED) is 0.630. The van der Waals surface area contributed by atoms with Gasteiger partial charge in [-0.2, -0.15) is 0 Å². The van der Waals surface area contributed by atoms with Gasteiger partial charge >= 0.3 is 5.97 Å². The number of likely N-dealkylation sites (N-methyl/N-ethyl adjacent to an activating group) is 1. The van der Waals surface area contributed by atoms with Gasteiger partial charge in [0, 0.05) is 18.2 Å². The monoisotopic (exact) mass is 266 g/mol. The number of nitro benzene ring substituents is 1. The van der Waals surface area contributed by atoms with E-state index in [4.69, 9.17) is 5.11 Å². The number of hydrogen-bond donors (Lipinski definition) is 1. The maximum Gasteiger partial charge on any atom is 0.320 e. The van der Waals surface area contributed by atoms with Gasteiger partial charge < -0.3 is 5.11 Å². The molecule has 1 N–H and O–H groups in total. The third-order valence-corrected chi connectivity index (χ3v) is 3.24. The van der Waals surface area contributed by atoms with Crippen molar-refractivity contribution in [3.63, 3.8) is 0 Å². The Bertz CT molecular complexity index is 488. The van der Waals surface area contributed by atoms with Crippen LogP contribution in [0, 0.1) is 17.0 Å². The highest BCUT2D eigenvalue weighted by molar-refractivity contribution is 5.73. The summed E-state index contributed by atoms with van der Waals surface area (Å²) in [6.07, 6.45) is 0.486. The first-order valence-corrected chi connectivity index (χ1v) is 6.04. The van der Waals surface area contributed by atoms with Gasteiger partial charge in [-0.3, -0.25) is 19.8 Å². The third-order valence-electron chi connectivity index (χ3n) is 3.24. The van der Waals surface area contributed by atoms with E-state index in [0.29, 0.717) is 18.5 Å². The van der Waals surface area contributed by atoms with Crippen LogP contribution in [0.15, 0.2) is 18.2 Å². The van der Waals surface area contributed by atoms with E-state index in [9.17, 15) is 14.9 Å². The second kappa shape index (κ2) is 6.29. The predicted octanol–water partition coefficient (Wildman–Crippen LogP) is 2.20. The highest BCUT2D eigenvalue weighted by Gasteiger charge is 2.22. The molecule has 0 saturated heterocycles. The normalized spacial score (nSPS) is 12.4. The Morgan fingerprint density at radius 1 is 1.53 bits per heavy atom. The molecule has 1 unspecified atom stereocenters. The molecule has 1 rings (SSSR count). The van der Waals surface area contributed by atoms with Crippen LogP contribution in [0.4, 0.5) is 5.69 Å². The lowest BCUT2D eigenvalue weighted by molar-refractivity contribution is -0.385. The summed E-state index contributed by atoms with van der Waals surface area (Å²) in [6, 6.07) is 4.27. The first-order valence-electron chi connectivity index (χ1n) is 6.04. The summed E-state index contributed by atoms with van der Waals surface area (Å²) in [6.45, 7) is 3.86. The molecule has 0 aliphatic rings. The van der Waals surface area contributed by atoms with Crippen LogP contribution in [0.5, 0.6) is 0 Å². The summed E-state index contributed by atoms with van der Waals surface area (Å²) in [4.78, 5) is 23.2. The third kappa shape index (κ3) is 3.51. The summed E-state index contributed by atoms with van der Waals surface area (Å²) in [7, 11) is 1.71. The van der Waals surface area contributed by atoms with Crippen LogP contribution >= 0.6 is 0 Å². The molecule has 0 fully saturated rings. The van der Waals surface area contributed by atoms with Gasteiger partial charge in [0.2, 0.25) is 0 Å². The molecule has 19 heavy (non-hydrogen) atoms. The highest BCUT2D eigenvalue weighted by Crippen LogP contribution is 2.22. The average Bonchev–Trinajstić information content (AvgIpc) is 2.31. The summed E-state index contributed by atoms with van der Waals surface area (Å²) in [5.74, 6) is -0.881. The molecule has 1 atom stereocenters. The van der Waals surface area contributed by atoms with E-state index in [1.54, 1.807) is 37.9 Å². The number of carbonyl (C=O) groups is 1. The van der Waals surface area contributed by atoms with Crippen molar-refractivity contribution in [3.8, 4) is 0 Å². The standard InChI is InChI=1S/C13H18N2O4/c1-4-11(13(16)17)14(3)8-10-6-5-7-12(9(10)2)15(18)19/h5-7,11H,4,8H2,1-3H3,(H,16,17). The number of carboxylic acids is 1. The zero-order valence-electron chi connectivity index (χ0n) is 11.3. The summed E-state index contributed by atoms with van der Waals surface area (Å²) in [5, 5.41) is 19.9. The van der Waals surface area contributed by atoms with Gasteiger partial charge in [0.25, 0.3) is 5.69 Å². The number of benzene rings is 1. The van der Waals surface area contributed by atoms with Crippen molar-refractivity contribution in [2.24, 2.45) is 0 Å². The van der Waals surface area contributed by atoms with Crippen molar-refractivity contribution in [2.75, 3.05) is 7.05 Å². The molecule has 1 aromatic rings. The Balaban J connectivity index is 2.97. The minimum Gasteiger partial charge on any atom is -0.480 e. The fraction of sp³-hybridized carbons (Fsp3) is 0.462. The molecule has 0 aliphatic carbocycles. The Morgan fingerprint density at radius 3 is 2.63 bits per heavy atom. The number of rotatable bonds is 6. The molecule has 0 aromatic heterocycles. The maximum atomic E-state index is 11.1. The lowest BCUT2D eigenvalue weighted by Gasteiger charge is -2.24. The lowest BCUT2D eigenvalue weighted by atomic mass is 10.1. The van der Waals surface area contributed by atoms with Crippen molar-refractivity contribution in [3.05, 3.63) is 39.4 Å². The molecule has 6 nitrogen and oxygen atoms in total. The molecule has 0 aliphatic heterocycles. The highest BCUT2D eigenvalue weighted by atomic mass is 16.6. The molecule has 0 heterocycles. The Hall–Kier alpha value is -1.95. The smallest absolute Gasteiger partial charge is 0.320 e. The first kappa shape index (κ1) is 15.1.